The van der Waals surface area contributed by atoms with Gasteiger partial charge in [0.15, 0.2) is 11.6 Å². The first-order valence-electron chi connectivity index (χ1n) is 17.9. The Kier molecular flexibility index (Phi) is 32.1. The summed E-state index contributed by atoms with van der Waals surface area (Å²) in [6.45, 7) is 6.18. The monoisotopic (exact) mass is 634 g/mol. The van der Waals surface area contributed by atoms with E-state index in [1.165, 1.54) is 141 Å². The van der Waals surface area contributed by atoms with Gasteiger partial charge >= 0.3 is 10.4 Å². The molecule has 0 aromatic heterocycles. The van der Waals surface area contributed by atoms with Crippen LogP contribution < -0.4 is 5.73 Å². The second-order valence-corrected chi connectivity index (χ2v) is 13.8. The van der Waals surface area contributed by atoms with E-state index in [4.69, 9.17) is 10.3 Å². The molecule has 43 heavy (non-hydrogen) atoms. The van der Waals surface area contributed by atoms with E-state index < -0.39 is 15.9 Å². The number of hydrogen-bond donors (Lipinski definition) is 2. The van der Waals surface area contributed by atoms with Gasteiger partial charge in [-0.3, -0.25) is 18.3 Å². The van der Waals surface area contributed by atoms with Gasteiger partial charge in [-0.25, -0.2) is 0 Å². The first-order valence-corrected chi connectivity index (χ1v) is 19.3. The molecular formula is C35H71NO6S. The van der Waals surface area contributed by atoms with Crippen molar-refractivity contribution in [2.45, 2.75) is 206 Å². The third-order valence-corrected chi connectivity index (χ3v) is 8.81. The average Bonchev–Trinajstić information content (AvgIpc) is 2.97. The minimum absolute atomic E-state index is 0.0599. The Morgan fingerprint density at radius 3 is 0.907 bits per heavy atom. The molecule has 0 saturated heterocycles. The number of nitrogens with two attached hydrogens (primary N) is 1. The van der Waals surface area contributed by atoms with E-state index in [0.717, 1.165) is 32.8 Å². The summed E-state index contributed by atoms with van der Waals surface area (Å²) < 4.78 is 29.7. The van der Waals surface area contributed by atoms with Crippen molar-refractivity contribution >= 4 is 22.0 Å². The molecule has 0 aromatic rings. The van der Waals surface area contributed by atoms with Crippen molar-refractivity contribution in [2.24, 2.45) is 5.73 Å². The third-order valence-electron chi connectivity index (χ3n) is 8.38. The van der Waals surface area contributed by atoms with Crippen LogP contribution in [0.1, 0.15) is 201 Å². The summed E-state index contributed by atoms with van der Waals surface area (Å²) in [4.78, 5) is 25.2. The molecule has 0 aliphatic rings. The van der Waals surface area contributed by atoms with Crippen molar-refractivity contribution in [3.63, 3.8) is 0 Å². The van der Waals surface area contributed by atoms with Gasteiger partial charge in [0.2, 0.25) is 0 Å². The minimum Gasteiger partial charge on any atom is -0.313 e. The van der Waals surface area contributed by atoms with Crippen LogP contribution in [0.15, 0.2) is 0 Å². The molecule has 0 bridgehead atoms. The zero-order valence-corrected chi connectivity index (χ0v) is 29.6. The zero-order chi connectivity index (χ0) is 32.7. The Balaban J connectivity index is 0. The number of carbonyl (C=O) groups excluding carboxylic acids is 2. The van der Waals surface area contributed by atoms with Crippen LogP contribution in [0, 0.1) is 0 Å². The van der Waals surface area contributed by atoms with Crippen molar-refractivity contribution in [1.29, 1.82) is 0 Å². The molecule has 0 aliphatic heterocycles. The van der Waals surface area contributed by atoms with Crippen molar-refractivity contribution in [2.75, 3.05) is 7.11 Å². The summed E-state index contributed by atoms with van der Waals surface area (Å²) in [5.41, 5.74) is 4.92. The predicted molar refractivity (Wildman–Crippen MR) is 182 cm³/mol. The van der Waals surface area contributed by atoms with E-state index in [0.29, 0.717) is 12.8 Å². The van der Waals surface area contributed by atoms with E-state index in [9.17, 15) is 18.0 Å². The lowest BCUT2D eigenvalue weighted by molar-refractivity contribution is -0.134. The molecule has 0 aromatic carbocycles. The fourth-order valence-electron chi connectivity index (χ4n) is 5.28. The molecule has 7 nitrogen and oxygen atoms in total. The normalized spacial score (nSPS) is 11.8. The van der Waals surface area contributed by atoms with Crippen LogP contribution in [0.5, 0.6) is 0 Å². The molecule has 0 rings (SSSR count). The Morgan fingerprint density at radius 1 is 0.535 bits per heavy atom. The van der Waals surface area contributed by atoms with Gasteiger partial charge in [0.05, 0.1) is 7.11 Å². The molecule has 0 heterocycles. The maximum Gasteiger partial charge on any atom is 0.397 e. The van der Waals surface area contributed by atoms with Crippen LogP contribution in [0.3, 0.4) is 0 Å². The number of ketones is 2. The molecule has 0 saturated carbocycles. The fourth-order valence-corrected chi connectivity index (χ4v) is 5.28. The molecule has 0 amide bonds. The summed E-state index contributed by atoms with van der Waals surface area (Å²) in [6, 6.07) is 0. The summed E-state index contributed by atoms with van der Waals surface area (Å²) in [7, 11) is -3.29. The molecule has 0 atom stereocenters. The number of carbonyl (C=O) groups is 2. The molecule has 0 spiro atoms. The molecule has 3 N–H and O–H groups in total. The highest BCUT2D eigenvalue weighted by molar-refractivity contribution is 7.80. The molecule has 0 aliphatic carbocycles. The largest absolute Gasteiger partial charge is 0.397 e. The Labute approximate surface area is 267 Å². The second-order valence-electron chi connectivity index (χ2n) is 12.6. The fraction of sp³-hybridized carbons (Fsp3) is 0.943. The standard InChI is InChI=1S/C34H67NO2.CH4O4S/c1-4-6-8-10-12-14-16-18-20-22-24-26-28-30-32(36)34(3,35)33(37)31-29-27-25-23-21-19-17-15-13-11-9-7-5-2;1-5-6(2,3)4/h4-31,35H2,1-3H3;1H3,(H,2,3,4). The van der Waals surface area contributed by atoms with E-state index in [1.807, 2.05) is 0 Å². The van der Waals surface area contributed by atoms with Crippen LogP contribution in [0.25, 0.3) is 0 Å². The Bertz CT molecular complexity index is 695. The van der Waals surface area contributed by atoms with Gasteiger partial charge in [0.1, 0.15) is 5.54 Å². The molecule has 8 heteroatoms. The lowest BCUT2D eigenvalue weighted by Gasteiger charge is -2.21. The van der Waals surface area contributed by atoms with Gasteiger partial charge in [-0.15, -0.1) is 0 Å². The number of rotatable bonds is 31. The van der Waals surface area contributed by atoms with E-state index in [-0.39, 0.29) is 11.6 Å². The maximum absolute atomic E-state index is 12.6. The van der Waals surface area contributed by atoms with Crippen LogP contribution in [0.2, 0.25) is 0 Å². The third kappa shape index (κ3) is 32.4. The van der Waals surface area contributed by atoms with E-state index >= 15 is 0 Å². The quantitative estimate of drug-likeness (QED) is 0.0442. The topological polar surface area (TPSA) is 124 Å². The second kappa shape index (κ2) is 31.2. The van der Waals surface area contributed by atoms with Gasteiger partial charge in [-0.2, -0.15) is 8.42 Å². The van der Waals surface area contributed by atoms with Crippen molar-refractivity contribution in [3.8, 4) is 0 Å². The highest BCUT2D eigenvalue weighted by atomic mass is 32.3. The maximum atomic E-state index is 12.6. The molecule has 0 unspecified atom stereocenters. The van der Waals surface area contributed by atoms with Gasteiger partial charge < -0.3 is 5.73 Å². The number of Topliss-reactive ketones (excluding diaryl/α,β-unsaturated/α-hetero) is 2. The smallest absolute Gasteiger partial charge is 0.313 e. The van der Waals surface area contributed by atoms with Crippen molar-refractivity contribution in [1.82, 2.24) is 0 Å². The van der Waals surface area contributed by atoms with Crippen LogP contribution in [-0.2, 0) is 24.2 Å². The minimum atomic E-state index is -4.16. The number of unbranched alkanes of at least 4 members (excludes halogenated alkanes) is 24. The van der Waals surface area contributed by atoms with Gasteiger partial charge in [0, 0.05) is 12.8 Å². The summed E-state index contributed by atoms with van der Waals surface area (Å²) >= 11 is 0. The highest BCUT2D eigenvalue weighted by Crippen LogP contribution is 2.18. The summed E-state index contributed by atoms with van der Waals surface area (Å²) in [5.74, 6) is -0.120. The SMILES string of the molecule is CCCCCCCCCCCCCCCC(=O)C(C)(N)C(=O)CCCCCCCCCCCCCCC.COS(=O)(=O)O. The highest BCUT2D eigenvalue weighted by Gasteiger charge is 2.34. The Hall–Kier alpha value is -0.830. The first kappa shape index (κ1) is 44.3. The average molecular weight is 634 g/mol. The van der Waals surface area contributed by atoms with Gasteiger partial charge in [0.25, 0.3) is 0 Å². The lowest BCUT2D eigenvalue weighted by Crippen LogP contribution is -2.52. The molecule has 0 fully saturated rings. The van der Waals surface area contributed by atoms with Crippen molar-refractivity contribution < 1.29 is 26.7 Å². The Morgan fingerprint density at radius 2 is 0.721 bits per heavy atom. The number of hydrogen-bond acceptors (Lipinski definition) is 6. The van der Waals surface area contributed by atoms with E-state index in [1.54, 1.807) is 6.92 Å². The van der Waals surface area contributed by atoms with Crippen LogP contribution in [-0.4, -0.2) is 37.2 Å². The van der Waals surface area contributed by atoms with Crippen LogP contribution >= 0.6 is 0 Å². The molecule has 258 valence electrons. The van der Waals surface area contributed by atoms with Crippen molar-refractivity contribution in [3.05, 3.63) is 0 Å². The molecular weight excluding hydrogens is 562 g/mol. The first-order chi connectivity index (χ1) is 20.5. The van der Waals surface area contributed by atoms with Crippen LogP contribution in [0.4, 0.5) is 0 Å². The van der Waals surface area contributed by atoms with Gasteiger partial charge in [-0.05, 0) is 19.8 Å². The lowest BCUT2D eigenvalue weighted by atomic mass is 9.86. The van der Waals surface area contributed by atoms with Gasteiger partial charge in [-0.1, -0.05) is 168 Å². The van der Waals surface area contributed by atoms with E-state index in [2.05, 4.69) is 18.0 Å². The molecule has 0 radical (unpaired) electrons. The summed E-state index contributed by atoms with van der Waals surface area (Å²) in [5, 5.41) is 0. The summed E-state index contributed by atoms with van der Waals surface area (Å²) in [6.07, 6.45) is 34.4. The zero-order valence-electron chi connectivity index (χ0n) is 28.8. The predicted octanol–water partition coefficient (Wildman–Crippen LogP) is 10.2.